The van der Waals surface area contributed by atoms with E-state index in [1.807, 2.05) is 20.8 Å². The summed E-state index contributed by atoms with van der Waals surface area (Å²) in [6.07, 6.45) is 0. The number of benzene rings is 1. The number of rotatable bonds is 3. The first-order valence-corrected chi connectivity index (χ1v) is 6.59. The van der Waals surface area contributed by atoms with Crippen molar-refractivity contribution < 1.29 is 9.90 Å². The van der Waals surface area contributed by atoms with E-state index in [4.69, 9.17) is 16.7 Å². The third-order valence-corrected chi connectivity index (χ3v) is 3.06. The van der Waals surface area contributed by atoms with Crippen LogP contribution >= 0.6 is 11.6 Å². The van der Waals surface area contributed by atoms with Gasteiger partial charge in [0.1, 0.15) is 6.61 Å². The zero-order valence-corrected chi connectivity index (χ0v) is 12.2. The largest absolute Gasteiger partial charge is 0.384 e. The van der Waals surface area contributed by atoms with Crippen molar-refractivity contribution >= 4 is 17.5 Å². The Morgan fingerprint density at radius 2 is 2.16 bits per heavy atom. The van der Waals surface area contributed by atoms with Gasteiger partial charge in [-0.2, -0.15) is 0 Å². The van der Waals surface area contributed by atoms with Crippen LogP contribution in [0.1, 0.15) is 36.7 Å². The van der Waals surface area contributed by atoms with Crippen LogP contribution in [0.3, 0.4) is 0 Å². The number of hydrogen-bond acceptors (Lipinski definition) is 2. The topological polar surface area (TPSA) is 40.5 Å². The predicted octanol–water partition coefficient (Wildman–Crippen LogP) is 2.55. The highest BCUT2D eigenvalue weighted by Crippen LogP contribution is 2.19. The molecule has 0 spiro atoms. The molecule has 19 heavy (non-hydrogen) atoms. The maximum Gasteiger partial charge on any atom is 0.254 e. The molecule has 0 heterocycles. The van der Waals surface area contributed by atoms with Crippen LogP contribution in [0, 0.1) is 11.8 Å². The highest BCUT2D eigenvalue weighted by atomic mass is 35.5. The summed E-state index contributed by atoms with van der Waals surface area (Å²) in [7, 11) is 0. The average Bonchev–Trinajstić information content (AvgIpc) is 2.37. The van der Waals surface area contributed by atoms with Gasteiger partial charge in [-0.15, -0.1) is 0 Å². The molecule has 1 aromatic rings. The van der Waals surface area contributed by atoms with Gasteiger partial charge in [-0.25, -0.2) is 0 Å². The lowest BCUT2D eigenvalue weighted by molar-refractivity contribution is 0.0717. The van der Waals surface area contributed by atoms with Gasteiger partial charge in [0.05, 0.1) is 5.02 Å². The van der Waals surface area contributed by atoms with Gasteiger partial charge in [0.25, 0.3) is 5.91 Å². The molecule has 102 valence electrons. The monoisotopic (exact) mass is 279 g/mol. The smallest absolute Gasteiger partial charge is 0.254 e. The average molecular weight is 280 g/mol. The summed E-state index contributed by atoms with van der Waals surface area (Å²) in [5, 5.41) is 9.07. The van der Waals surface area contributed by atoms with E-state index in [9.17, 15) is 4.79 Å². The minimum atomic E-state index is -0.214. The first kappa shape index (κ1) is 15.6. The van der Waals surface area contributed by atoms with E-state index in [0.717, 1.165) is 0 Å². The van der Waals surface area contributed by atoms with Crippen LogP contribution < -0.4 is 0 Å². The normalized spacial score (nSPS) is 10.0. The Morgan fingerprint density at radius 1 is 1.47 bits per heavy atom. The molecular weight excluding hydrogens is 262 g/mol. The molecule has 0 aliphatic carbocycles. The molecule has 4 heteroatoms. The van der Waals surface area contributed by atoms with Crippen molar-refractivity contribution in [1.29, 1.82) is 0 Å². The highest BCUT2D eigenvalue weighted by molar-refractivity contribution is 6.32. The molecule has 0 aliphatic heterocycles. The number of halogens is 1. The summed E-state index contributed by atoms with van der Waals surface area (Å²) < 4.78 is 0. The van der Waals surface area contributed by atoms with Crippen LogP contribution in [0.2, 0.25) is 5.02 Å². The van der Waals surface area contributed by atoms with Crippen LogP contribution in [0.5, 0.6) is 0 Å². The molecular formula is C15H18ClNO2. The second kappa shape index (κ2) is 7.18. The number of aliphatic hydroxyl groups is 1. The van der Waals surface area contributed by atoms with Crippen molar-refractivity contribution in [3.63, 3.8) is 0 Å². The van der Waals surface area contributed by atoms with Gasteiger partial charge in [-0.1, -0.05) is 23.4 Å². The first-order chi connectivity index (χ1) is 9.01. The summed E-state index contributed by atoms with van der Waals surface area (Å²) >= 11 is 6.08. The first-order valence-electron chi connectivity index (χ1n) is 6.21. The van der Waals surface area contributed by atoms with Crippen molar-refractivity contribution in [2.45, 2.75) is 26.8 Å². The third-order valence-electron chi connectivity index (χ3n) is 2.74. The predicted molar refractivity (Wildman–Crippen MR) is 77.3 cm³/mol. The van der Waals surface area contributed by atoms with E-state index in [1.54, 1.807) is 23.1 Å². The molecule has 1 N–H and O–H groups in total. The van der Waals surface area contributed by atoms with Crippen LogP contribution in [0.25, 0.3) is 0 Å². The number of carbonyl (C=O) groups is 1. The summed E-state index contributed by atoms with van der Waals surface area (Å²) in [6, 6.07) is 5.17. The standard InChI is InChI=1S/C15H18ClNO2/c1-4-17(11(2)3)15(19)13-8-7-12(6-5-9-18)14(16)10-13/h7-8,10-11,18H,4,9H2,1-3H3. The molecule has 0 unspecified atom stereocenters. The zero-order chi connectivity index (χ0) is 14.4. The zero-order valence-electron chi connectivity index (χ0n) is 11.4. The summed E-state index contributed by atoms with van der Waals surface area (Å²) in [4.78, 5) is 14.1. The van der Waals surface area contributed by atoms with Gasteiger partial charge in [-0.05, 0) is 39.0 Å². The van der Waals surface area contributed by atoms with Crippen molar-refractivity contribution in [3.05, 3.63) is 34.3 Å². The maximum atomic E-state index is 12.3. The van der Waals surface area contributed by atoms with Gasteiger partial charge < -0.3 is 10.0 Å². The number of hydrogen-bond donors (Lipinski definition) is 1. The second-order valence-electron chi connectivity index (χ2n) is 4.34. The molecule has 0 radical (unpaired) electrons. The molecule has 0 bridgehead atoms. The number of carbonyl (C=O) groups excluding carboxylic acids is 1. The fourth-order valence-corrected chi connectivity index (χ4v) is 2.02. The van der Waals surface area contributed by atoms with Crippen LogP contribution in [0.4, 0.5) is 0 Å². The van der Waals surface area contributed by atoms with Gasteiger partial charge in [0, 0.05) is 23.7 Å². The van der Waals surface area contributed by atoms with E-state index in [1.165, 1.54) is 0 Å². The van der Waals surface area contributed by atoms with Gasteiger partial charge in [0.15, 0.2) is 0 Å². The molecule has 0 aromatic heterocycles. The molecule has 0 fully saturated rings. The fourth-order valence-electron chi connectivity index (χ4n) is 1.79. The lowest BCUT2D eigenvalue weighted by Crippen LogP contribution is -2.36. The highest BCUT2D eigenvalue weighted by Gasteiger charge is 2.17. The quantitative estimate of drug-likeness (QED) is 0.864. The molecule has 3 nitrogen and oxygen atoms in total. The molecule has 1 rings (SSSR count). The third kappa shape index (κ3) is 3.99. The Bertz CT molecular complexity index is 515. The minimum Gasteiger partial charge on any atom is -0.384 e. The Morgan fingerprint density at radius 3 is 2.63 bits per heavy atom. The number of amides is 1. The van der Waals surface area contributed by atoms with Gasteiger partial charge >= 0.3 is 0 Å². The minimum absolute atomic E-state index is 0.0407. The van der Waals surface area contributed by atoms with Crippen molar-refractivity contribution in [1.82, 2.24) is 4.90 Å². The molecule has 0 saturated heterocycles. The lowest BCUT2D eigenvalue weighted by atomic mass is 10.1. The van der Waals surface area contributed by atoms with Gasteiger partial charge in [-0.3, -0.25) is 4.79 Å². The van der Waals surface area contributed by atoms with Crippen LogP contribution in [0.15, 0.2) is 18.2 Å². The van der Waals surface area contributed by atoms with E-state index >= 15 is 0 Å². The molecule has 0 atom stereocenters. The summed E-state index contributed by atoms with van der Waals surface area (Å²) in [6.45, 7) is 6.34. The van der Waals surface area contributed by atoms with Crippen LogP contribution in [-0.4, -0.2) is 35.1 Å². The molecule has 1 amide bonds. The summed E-state index contributed by atoms with van der Waals surface area (Å²) in [5.74, 6) is 5.23. The van der Waals surface area contributed by atoms with Gasteiger partial charge in [0.2, 0.25) is 0 Å². The maximum absolute atomic E-state index is 12.3. The summed E-state index contributed by atoms with van der Waals surface area (Å²) in [5.41, 5.74) is 1.16. The SMILES string of the molecule is CCN(C(=O)c1ccc(C#CCO)c(Cl)c1)C(C)C. The Kier molecular flexibility index (Phi) is 5.88. The molecule has 1 aromatic carbocycles. The van der Waals surface area contributed by atoms with E-state index < -0.39 is 0 Å². The fraction of sp³-hybridized carbons (Fsp3) is 0.400. The van der Waals surface area contributed by atoms with Crippen molar-refractivity contribution in [3.8, 4) is 11.8 Å². The Balaban J connectivity index is 3.03. The second-order valence-corrected chi connectivity index (χ2v) is 4.75. The van der Waals surface area contributed by atoms with Crippen molar-refractivity contribution in [2.24, 2.45) is 0 Å². The van der Waals surface area contributed by atoms with Crippen LogP contribution in [-0.2, 0) is 0 Å². The Hall–Kier alpha value is -1.50. The molecule has 0 aliphatic rings. The number of aliphatic hydroxyl groups excluding tert-OH is 1. The molecule has 0 saturated carbocycles. The van der Waals surface area contributed by atoms with Crippen molar-refractivity contribution in [2.75, 3.05) is 13.2 Å². The lowest BCUT2D eigenvalue weighted by Gasteiger charge is -2.25. The van der Waals surface area contributed by atoms with E-state index in [2.05, 4.69) is 11.8 Å². The van der Waals surface area contributed by atoms with E-state index in [0.29, 0.717) is 22.7 Å². The Labute approximate surface area is 119 Å². The van der Waals surface area contributed by atoms with E-state index in [-0.39, 0.29) is 18.6 Å². The number of nitrogens with zero attached hydrogens (tertiary/aromatic N) is 1.